The van der Waals surface area contributed by atoms with Crippen LogP contribution in [-0.2, 0) is 0 Å². The average Bonchev–Trinajstić information content (AvgIpc) is 2.48. The van der Waals surface area contributed by atoms with Crippen LogP contribution in [0, 0.1) is 22.7 Å². The number of nitrogens with one attached hydrogen (secondary N) is 2. The van der Waals surface area contributed by atoms with Gasteiger partial charge in [0.2, 0.25) is 0 Å². The normalized spacial score (nSPS) is 34.1. The molecule has 0 bridgehead atoms. The minimum atomic E-state index is -0.355. The van der Waals surface area contributed by atoms with E-state index in [4.69, 9.17) is 10.5 Å². The summed E-state index contributed by atoms with van der Waals surface area (Å²) >= 11 is 0. The SMILES string of the molecule is CCCC1NC(C#N)C(C#N)N1. The zero-order chi connectivity index (χ0) is 8.97. The van der Waals surface area contributed by atoms with Crippen molar-refractivity contribution in [2.24, 2.45) is 0 Å². The zero-order valence-corrected chi connectivity index (χ0v) is 7.04. The van der Waals surface area contributed by atoms with Crippen LogP contribution in [0.1, 0.15) is 19.8 Å². The van der Waals surface area contributed by atoms with Gasteiger partial charge in [-0.3, -0.25) is 10.6 Å². The molecule has 0 aliphatic carbocycles. The molecule has 0 radical (unpaired) electrons. The van der Waals surface area contributed by atoms with E-state index in [1.54, 1.807) is 0 Å². The van der Waals surface area contributed by atoms with Crippen LogP contribution in [0.4, 0.5) is 0 Å². The van der Waals surface area contributed by atoms with Gasteiger partial charge in [0.05, 0.1) is 18.3 Å². The number of rotatable bonds is 2. The third-order valence-electron chi connectivity index (χ3n) is 1.95. The second-order valence-electron chi connectivity index (χ2n) is 2.89. The first-order chi connectivity index (χ1) is 5.81. The monoisotopic (exact) mass is 164 g/mol. The topological polar surface area (TPSA) is 71.6 Å². The lowest BCUT2D eigenvalue weighted by Gasteiger charge is -2.07. The molecule has 0 amide bonds. The van der Waals surface area contributed by atoms with E-state index in [9.17, 15) is 0 Å². The predicted molar refractivity (Wildman–Crippen MR) is 43.8 cm³/mol. The summed E-state index contributed by atoms with van der Waals surface area (Å²) < 4.78 is 0. The molecule has 4 nitrogen and oxygen atoms in total. The lowest BCUT2D eigenvalue weighted by atomic mass is 10.2. The molecular formula is C8H12N4. The fraction of sp³-hybridized carbons (Fsp3) is 0.750. The zero-order valence-electron chi connectivity index (χ0n) is 7.04. The maximum absolute atomic E-state index is 8.65. The van der Waals surface area contributed by atoms with Crippen molar-refractivity contribution in [1.29, 1.82) is 10.5 Å². The molecule has 1 aliphatic heterocycles. The Labute approximate surface area is 72.2 Å². The molecule has 2 unspecified atom stereocenters. The van der Waals surface area contributed by atoms with Crippen LogP contribution in [0.5, 0.6) is 0 Å². The maximum atomic E-state index is 8.65. The first-order valence-electron chi connectivity index (χ1n) is 4.13. The van der Waals surface area contributed by atoms with Crippen LogP contribution < -0.4 is 10.6 Å². The van der Waals surface area contributed by atoms with Gasteiger partial charge in [0, 0.05) is 0 Å². The van der Waals surface area contributed by atoms with E-state index in [0.717, 1.165) is 12.8 Å². The van der Waals surface area contributed by atoms with Gasteiger partial charge in [-0.25, -0.2) is 0 Å². The highest BCUT2D eigenvalue weighted by Crippen LogP contribution is 2.06. The van der Waals surface area contributed by atoms with Crippen molar-refractivity contribution in [1.82, 2.24) is 10.6 Å². The van der Waals surface area contributed by atoms with Gasteiger partial charge in [0.1, 0.15) is 12.1 Å². The van der Waals surface area contributed by atoms with E-state index in [-0.39, 0.29) is 18.2 Å². The van der Waals surface area contributed by atoms with Crippen LogP contribution in [-0.4, -0.2) is 18.2 Å². The third kappa shape index (κ3) is 1.73. The highest BCUT2D eigenvalue weighted by atomic mass is 15.2. The number of hydrogen-bond donors (Lipinski definition) is 2. The Morgan fingerprint density at radius 2 is 1.67 bits per heavy atom. The second-order valence-corrected chi connectivity index (χ2v) is 2.89. The van der Waals surface area contributed by atoms with E-state index in [2.05, 4.69) is 29.7 Å². The molecule has 12 heavy (non-hydrogen) atoms. The van der Waals surface area contributed by atoms with E-state index in [0.29, 0.717) is 0 Å². The molecule has 0 saturated carbocycles. The van der Waals surface area contributed by atoms with Gasteiger partial charge in [0.25, 0.3) is 0 Å². The Bertz CT molecular complexity index is 202. The van der Waals surface area contributed by atoms with Gasteiger partial charge in [-0.2, -0.15) is 10.5 Å². The van der Waals surface area contributed by atoms with Crippen LogP contribution in [0.2, 0.25) is 0 Å². The Morgan fingerprint density at radius 1 is 1.17 bits per heavy atom. The lowest BCUT2D eigenvalue weighted by Crippen LogP contribution is -2.32. The summed E-state index contributed by atoms with van der Waals surface area (Å²) in [6.45, 7) is 2.07. The molecule has 0 aromatic heterocycles. The van der Waals surface area contributed by atoms with E-state index < -0.39 is 0 Å². The van der Waals surface area contributed by atoms with E-state index in [1.165, 1.54) is 0 Å². The summed E-state index contributed by atoms with van der Waals surface area (Å²) in [5, 5.41) is 23.4. The summed E-state index contributed by atoms with van der Waals surface area (Å²) in [6.07, 6.45) is 2.13. The van der Waals surface area contributed by atoms with Gasteiger partial charge < -0.3 is 0 Å². The molecule has 1 heterocycles. The molecule has 1 rings (SSSR count). The van der Waals surface area contributed by atoms with Crippen molar-refractivity contribution in [3.63, 3.8) is 0 Å². The highest BCUT2D eigenvalue weighted by Gasteiger charge is 2.31. The summed E-state index contributed by atoms with van der Waals surface area (Å²) in [6, 6.07) is 3.40. The molecule has 0 aromatic carbocycles. The Kier molecular flexibility index (Phi) is 3.04. The molecule has 64 valence electrons. The van der Waals surface area contributed by atoms with Gasteiger partial charge in [-0.1, -0.05) is 13.3 Å². The molecule has 4 heteroatoms. The highest BCUT2D eigenvalue weighted by molar-refractivity contribution is 5.13. The van der Waals surface area contributed by atoms with Gasteiger partial charge in [-0.15, -0.1) is 0 Å². The molecule has 0 aromatic rings. The molecule has 1 aliphatic rings. The van der Waals surface area contributed by atoms with Crippen LogP contribution >= 0.6 is 0 Å². The summed E-state index contributed by atoms with van der Waals surface area (Å²) in [7, 11) is 0. The van der Waals surface area contributed by atoms with Crippen molar-refractivity contribution >= 4 is 0 Å². The van der Waals surface area contributed by atoms with Crippen LogP contribution in [0.25, 0.3) is 0 Å². The minimum absolute atomic E-state index is 0.129. The predicted octanol–water partition coefficient (Wildman–Crippen LogP) is 0.0898. The van der Waals surface area contributed by atoms with Crippen molar-refractivity contribution in [3.05, 3.63) is 0 Å². The largest absolute Gasteiger partial charge is 0.284 e. The molecule has 1 saturated heterocycles. The first-order valence-corrected chi connectivity index (χ1v) is 4.13. The van der Waals surface area contributed by atoms with E-state index in [1.807, 2.05) is 0 Å². The smallest absolute Gasteiger partial charge is 0.126 e. The van der Waals surface area contributed by atoms with Crippen molar-refractivity contribution in [3.8, 4) is 12.1 Å². The van der Waals surface area contributed by atoms with Gasteiger partial charge in [-0.05, 0) is 6.42 Å². The van der Waals surface area contributed by atoms with Crippen molar-refractivity contribution < 1.29 is 0 Å². The molecule has 2 N–H and O–H groups in total. The average molecular weight is 164 g/mol. The van der Waals surface area contributed by atoms with Crippen LogP contribution in [0.15, 0.2) is 0 Å². The van der Waals surface area contributed by atoms with Crippen molar-refractivity contribution in [2.75, 3.05) is 0 Å². The Hall–Kier alpha value is -1.10. The molecule has 0 spiro atoms. The van der Waals surface area contributed by atoms with Crippen LogP contribution in [0.3, 0.4) is 0 Å². The molecular weight excluding hydrogens is 152 g/mol. The number of hydrogen-bond acceptors (Lipinski definition) is 4. The third-order valence-corrected chi connectivity index (χ3v) is 1.95. The van der Waals surface area contributed by atoms with Gasteiger partial charge >= 0.3 is 0 Å². The molecule has 1 fully saturated rings. The number of nitriles is 2. The standard InChI is InChI=1S/C8H12N4/c1-2-3-8-11-6(4-9)7(5-10)12-8/h6-8,11-12H,2-3H2,1H3. The fourth-order valence-electron chi connectivity index (χ4n) is 1.35. The van der Waals surface area contributed by atoms with Crippen molar-refractivity contribution in [2.45, 2.75) is 38.0 Å². The maximum Gasteiger partial charge on any atom is 0.126 e. The summed E-state index contributed by atoms with van der Waals surface area (Å²) in [5.41, 5.74) is 0. The summed E-state index contributed by atoms with van der Waals surface area (Å²) in [5.74, 6) is 0. The van der Waals surface area contributed by atoms with Gasteiger partial charge in [0.15, 0.2) is 0 Å². The minimum Gasteiger partial charge on any atom is -0.284 e. The second kappa shape index (κ2) is 4.06. The number of nitrogens with zero attached hydrogens (tertiary/aromatic N) is 2. The quantitative estimate of drug-likeness (QED) is 0.606. The Morgan fingerprint density at radius 3 is 2.00 bits per heavy atom. The summed E-state index contributed by atoms with van der Waals surface area (Å²) in [4.78, 5) is 0. The van der Waals surface area contributed by atoms with E-state index >= 15 is 0 Å². The lowest BCUT2D eigenvalue weighted by molar-refractivity contribution is 0.494. The molecule has 2 atom stereocenters. The first kappa shape index (κ1) is 8.99. The Balaban J connectivity index is 2.50. The fourth-order valence-corrected chi connectivity index (χ4v) is 1.35.